The molecule has 1 fully saturated rings. The SMILES string of the molecule is CN(C)C(N)=NCc1ccc(S(=O)(=O)N2CCCCC2)s1. The highest BCUT2D eigenvalue weighted by Gasteiger charge is 2.27. The van der Waals surface area contributed by atoms with Gasteiger partial charge in [-0.05, 0) is 25.0 Å². The quantitative estimate of drug-likeness (QED) is 0.667. The molecule has 2 N–H and O–H groups in total. The maximum atomic E-state index is 12.5. The van der Waals surface area contributed by atoms with Crippen molar-refractivity contribution in [2.24, 2.45) is 10.7 Å². The summed E-state index contributed by atoms with van der Waals surface area (Å²) in [6, 6.07) is 3.49. The first-order valence-corrected chi connectivity index (χ1v) is 9.23. The van der Waals surface area contributed by atoms with Gasteiger partial charge in [0.25, 0.3) is 10.0 Å². The van der Waals surface area contributed by atoms with Crippen molar-refractivity contribution < 1.29 is 8.42 Å². The van der Waals surface area contributed by atoms with Crippen LogP contribution in [-0.2, 0) is 16.6 Å². The molecule has 0 aliphatic carbocycles. The summed E-state index contributed by atoms with van der Waals surface area (Å²) < 4.78 is 27.0. The number of nitrogens with two attached hydrogens (primary N) is 1. The van der Waals surface area contributed by atoms with Crippen LogP contribution in [0.1, 0.15) is 24.1 Å². The van der Waals surface area contributed by atoms with Crippen molar-refractivity contribution in [3.05, 3.63) is 17.0 Å². The first-order chi connectivity index (χ1) is 9.91. The Hall–Kier alpha value is -1.12. The van der Waals surface area contributed by atoms with Gasteiger partial charge in [0.15, 0.2) is 5.96 Å². The van der Waals surface area contributed by atoms with Gasteiger partial charge in [-0.25, -0.2) is 13.4 Å². The fourth-order valence-corrected chi connectivity index (χ4v) is 5.07. The lowest BCUT2D eigenvalue weighted by molar-refractivity contribution is 0.347. The monoisotopic (exact) mass is 330 g/mol. The van der Waals surface area contributed by atoms with E-state index in [2.05, 4.69) is 4.99 Å². The highest BCUT2D eigenvalue weighted by atomic mass is 32.2. The van der Waals surface area contributed by atoms with Crippen LogP contribution in [0.4, 0.5) is 0 Å². The van der Waals surface area contributed by atoms with Crippen LogP contribution in [0.3, 0.4) is 0 Å². The van der Waals surface area contributed by atoms with E-state index >= 15 is 0 Å². The number of hydrogen-bond donors (Lipinski definition) is 1. The van der Waals surface area contributed by atoms with E-state index in [1.807, 2.05) is 20.2 Å². The second-order valence-electron chi connectivity index (χ2n) is 5.25. The molecule has 21 heavy (non-hydrogen) atoms. The number of rotatable bonds is 4. The summed E-state index contributed by atoms with van der Waals surface area (Å²) in [5.41, 5.74) is 5.73. The van der Waals surface area contributed by atoms with Crippen LogP contribution in [0.15, 0.2) is 21.3 Å². The predicted octanol–water partition coefficient (Wildman–Crippen LogP) is 1.30. The van der Waals surface area contributed by atoms with Gasteiger partial charge in [0.05, 0.1) is 6.54 Å². The molecule has 2 rings (SSSR count). The Kier molecular flexibility index (Phi) is 5.23. The van der Waals surface area contributed by atoms with E-state index in [0.717, 1.165) is 24.1 Å². The van der Waals surface area contributed by atoms with Crippen LogP contribution in [0.25, 0.3) is 0 Å². The lowest BCUT2D eigenvalue weighted by atomic mass is 10.2. The molecule has 118 valence electrons. The van der Waals surface area contributed by atoms with E-state index in [1.165, 1.54) is 11.3 Å². The normalized spacial score (nSPS) is 17.9. The van der Waals surface area contributed by atoms with Crippen molar-refractivity contribution in [3.8, 4) is 0 Å². The van der Waals surface area contributed by atoms with Gasteiger partial charge in [-0.1, -0.05) is 6.42 Å². The number of guanidine groups is 1. The zero-order valence-electron chi connectivity index (χ0n) is 12.4. The number of piperidine rings is 1. The van der Waals surface area contributed by atoms with Gasteiger partial charge < -0.3 is 10.6 Å². The Balaban J connectivity index is 2.10. The minimum atomic E-state index is -3.33. The molecule has 0 radical (unpaired) electrons. The average Bonchev–Trinajstić information content (AvgIpc) is 2.95. The van der Waals surface area contributed by atoms with Gasteiger partial charge in [0, 0.05) is 32.1 Å². The number of sulfonamides is 1. The first-order valence-electron chi connectivity index (χ1n) is 6.97. The number of hydrogen-bond acceptors (Lipinski definition) is 4. The molecule has 0 saturated carbocycles. The van der Waals surface area contributed by atoms with Gasteiger partial charge in [0.1, 0.15) is 4.21 Å². The molecule has 1 aliphatic heterocycles. The summed E-state index contributed by atoms with van der Waals surface area (Å²) >= 11 is 1.28. The summed E-state index contributed by atoms with van der Waals surface area (Å²) in [4.78, 5) is 6.84. The highest BCUT2D eigenvalue weighted by Crippen LogP contribution is 2.27. The van der Waals surface area contributed by atoms with Crippen molar-refractivity contribution in [3.63, 3.8) is 0 Å². The third-order valence-corrected chi connectivity index (χ3v) is 6.84. The third-order valence-electron chi connectivity index (χ3n) is 3.40. The number of thiophene rings is 1. The zero-order chi connectivity index (χ0) is 15.5. The Labute approximate surface area is 130 Å². The minimum Gasteiger partial charge on any atom is -0.370 e. The fourth-order valence-electron chi connectivity index (χ4n) is 2.11. The number of aliphatic imine (C=N–C) groups is 1. The van der Waals surface area contributed by atoms with Gasteiger partial charge in [0.2, 0.25) is 0 Å². The van der Waals surface area contributed by atoms with E-state index in [1.54, 1.807) is 15.3 Å². The topological polar surface area (TPSA) is 79.0 Å². The summed E-state index contributed by atoms with van der Waals surface area (Å²) in [5, 5.41) is 0. The average molecular weight is 330 g/mol. The van der Waals surface area contributed by atoms with Gasteiger partial charge >= 0.3 is 0 Å². The molecule has 0 bridgehead atoms. The molecule has 0 unspecified atom stereocenters. The first kappa shape index (κ1) is 16.3. The van der Waals surface area contributed by atoms with E-state index in [-0.39, 0.29) is 0 Å². The van der Waals surface area contributed by atoms with Crippen LogP contribution < -0.4 is 5.73 Å². The largest absolute Gasteiger partial charge is 0.370 e. The standard InChI is InChI=1S/C13H22N4O2S2/c1-16(2)13(14)15-10-11-6-7-12(20-11)21(18,19)17-8-4-3-5-9-17/h6-7H,3-5,8-10H2,1-2H3,(H2,14,15). The fraction of sp³-hybridized carbons (Fsp3) is 0.615. The Morgan fingerprint density at radius 3 is 2.62 bits per heavy atom. The molecule has 0 atom stereocenters. The minimum absolute atomic E-state index is 0.401. The molecule has 1 aliphatic rings. The zero-order valence-corrected chi connectivity index (χ0v) is 14.1. The molecule has 1 aromatic rings. The van der Waals surface area contributed by atoms with E-state index in [4.69, 9.17) is 5.73 Å². The molecule has 8 heteroatoms. The van der Waals surface area contributed by atoms with E-state index in [9.17, 15) is 8.42 Å². The second-order valence-corrected chi connectivity index (χ2v) is 8.59. The van der Waals surface area contributed by atoms with Gasteiger partial charge in [-0.2, -0.15) is 4.31 Å². The molecule has 1 aromatic heterocycles. The van der Waals surface area contributed by atoms with Gasteiger partial charge in [-0.3, -0.25) is 0 Å². The Morgan fingerprint density at radius 2 is 2.00 bits per heavy atom. The third kappa shape index (κ3) is 3.96. The lowest BCUT2D eigenvalue weighted by Crippen LogP contribution is -2.35. The molecule has 6 nitrogen and oxygen atoms in total. The van der Waals surface area contributed by atoms with E-state index in [0.29, 0.717) is 29.8 Å². The van der Waals surface area contributed by atoms with Crippen molar-refractivity contribution >= 4 is 27.3 Å². The second kappa shape index (κ2) is 6.76. The van der Waals surface area contributed by atoms with Crippen LogP contribution in [0.5, 0.6) is 0 Å². The highest BCUT2D eigenvalue weighted by molar-refractivity contribution is 7.91. The summed E-state index contributed by atoms with van der Waals surface area (Å²) in [6.07, 6.45) is 3.00. The number of nitrogens with zero attached hydrogens (tertiary/aromatic N) is 3. The molecule has 0 spiro atoms. The Bertz CT molecular complexity index is 601. The Morgan fingerprint density at radius 1 is 1.33 bits per heavy atom. The molecular formula is C13H22N4O2S2. The molecular weight excluding hydrogens is 308 g/mol. The summed E-state index contributed by atoms with van der Waals surface area (Å²) in [7, 11) is 0.304. The van der Waals surface area contributed by atoms with Crippen LogP contribution in [0, 0.1) is 0 Å². The van der Waals surface area contributed by atoms with Crippen LogP contribution >= 0.6 is 11.3 Å². The van der Waals surface area contributed by atoms with Gasteiger partial charge in [-0.15, -0.1) is 11.3 Å². The summed E-state index contributed by atoms with van der Waals surface area (Å²) in [5.74, 6) is 0.434. The lowest BCUT2D eigenvalue weighted by Gasteiger charge is -2.25. The van der Waals surface area contributed by atoms with E-state index < -0.39 is 10.0 Å². The van der Waals surface area contributed by atoms with Crippen molar-refractivity contribution in [1.29, 1.82) is 0 Å². The maximum absolute atomic E-state index is 12.5. The molecule has 2 heterocycles. The van der Waals surface area contributed by atoms with Crippen molar-refractivity contribution in [1.82, 2.24) is 9.21 Å². The maximum Gasteiger partial charge on any atom is 0.252 e. The predicted molar refractivity (Wildman–Crippen MR) is 85.9 cm³/mol. The van der Waals surface area contributed by atoms with Crippen molar-refractivity contribution in [2.45, 2.75) is 30.0 Å². The smallest absolute Gasteiger partial charge is 0.252 e. The van der Waals surface area contributed by atoms with Crippen LogP contribution in [0.2, 0.25) is 0 Å². The molecule has 0 amide bonds. The van der Waals surface area contributed by atoms with Crippen LogP contribution in [-0.4, -0.2) is 50.8 Å². The van der Waals surface area contributed by atoms with Crippen molar-refractivity contribution in [2.75, 3.05) is 27.2 Å². The molecule has 1 saturated heterocycles. The summed E-state index contributed by atoms with van der Waals surface area (Å²) in [6.45, 7) is 1.66. The molecule has 0 aromatic carbocycles.